The summed E-state index contributed by atoms with van der Waals surface area (Å²) in [6.07, 6.45) is 1.11. The minimum atomic E-state index is 0.510. The highest BCUT2D eigenvalue weighted by molar-refractivity contribution is 5.58. The average Bonchev–Trinajstić information content (AvgIpc) is 2.46. The number of anilines is 2. The van der Waals surface area contributed by atoms with Gasteiger partial charge in [0.05, 0.1) is 6.04 Å². The van der Waals surface area contributed by atoms with Crippen LogP contribution < -0.4 is 10.2 Å². The second-order valence-electron chi connectivity index (χ2n) is 5.29. The van der Waals surface area contributed by atoms with Crippen LogP contribution in [0.25, 0.3) is 0 Å². The van der Waals surface area contributed by atoms with E-state index in [4.69, 9.17) is 0 Å². The van der Waals surface area contributed by atoms with Gasteiger partial charge >= 0.3 is 0 Å². The third-order valence-electron chi connectivity index (χ3n) is 4.04. The van der Waals surface area contributed by atoms with E-state index in [0.29, 0.717) is 6.04 Å². The molecule has 0 bridgehead atoms. The smallest absolute Gasteiger partial charge is 0.0500 e. The predicted molar refractivity (Wildman–Crippen MR) is 82.0 cm³/mol. The number of rotatable bonds is 2. The van der Waals surface area contributed by atoms with E-state index < -0.39 is 0 Å². The highest BCUT2D eigenvalue weighted by atomic mass is 15.2. The van der Waals surface area contributed by atoms with Crippen molar-refractivity contribution in [1.82, 2.24) is 0 Å². The summed E-state index contributed by atoms with van der Waals surface area (Å²) in [5, 5.41) is 3.54. The summed E-state index contributed by atoms with van der Waals surface area (Å²) in [4.78, 5) is 2.40. The molecule has 1 heterocycles. The average molecular weight is 252 g/mol. The Morgan fingerprint density at radius 3 is 2.63 bits per heavy atom. The number of nitrogens with one attached hydrogen (secondary N) is 1. The van der Waals surface area contributed by atoms with Crippen LogP contribution in [0.5, 0.6) is 0 Å². The van der Waals surface area contributed by atoms with Crippen LogP contribution in [-0.4, -0.2) is 19.6 Å². The number of benzene rings is 2. The summed E-state index contributed by atoms with van der Waals surface area (Å²) >= 11 is 0. The van der Waals surface area contributed by atoms with Gasteiger partial charge in [-0.1, -0.05) is 36.4 Å². The quantitative estimate of drug-likeness (QED) is 0.880. The van der Waals surface area contributed by atoms with Gasteiger partial charge in [0, 0.05) is 25.0 Å². The summed E-state index contributed by atoms with van der Waals surface area (Å²) < 4.78 is 0. The van der Waals surface area contributed by atoms with Crippen molar-refractivity contribution in [2.24, 2.45) is 0 Å². The number of aryl methyl sites for hydroxylation is 1. The molecule has 2 aromatic carbocycles. The van der Waals surface area contributed by atoms with E-state index in [1.165, 1.54) is 22.5 Å². The summed E-state index contributed by atoms with van der Waals surface area (Å²) in [5.74, 6) is 0. The second kappa shape index (κ2) is 4.96. The Morgan fingerprint density at radius 2 is 1.79 bits per heavy atom. The Kier molecular flexibility index (Phi) is 3.16. The second-order valence-corrected chi connectivity index (χ2v) is 5.29. The molecule has 98 valence electrons. The molecular weight excluding hydrogens is 232 g/mol. The normalized spacial score (nSPS) is 17.5. The molecule has 2 nitrogen and oxygen atoms in total. The van der Waals surface area contributed by atoms with Gasteiger partial charge in [0.25, 0.3) is 0 Å². The predicted octanol–water partition coefficient (Wildman–Crippen LogP) is 3.47. The number of fused-ring (bicyclic) bond motifs is 1. The van der Waals surface area contributed by atoms with Crippen LogP contribution in [0.15, 0.2) is 48.5 Å². The molecule has 1 aliphatic rings. The molecule has 1 N–H and O–H groups in total. The number of hydrogen-bond donors (Lipinski definition) is 1. The zero-order valence-electron chi connectivity index (χ0n) is 11.6. The number of hydrogen-bond acceptors (Lipinski definition) is 2. The fourth-order valence-corrected chi connectivity index (χ4v) is 2.85. The molecule has 19 heavy (non-hydrogen) atoms. The molecule has 0 saturated carbocycles. The summed E-state index contributed by atoms with van der Waals surface area (Å²) in [6, 6.07) is 17.7. The molecule has 0 radical (unpaired) electrons. The molecule has 1 unspecified atom stereocenters. The molecular formula is C17H20N2. The van der Waals surface area contributed by atoms with Gasteiger partial charge in [-0.25, -0.2) is 0 Å². The lowest BCUT2D eigenvalue weighted by Crippen LogP contribution is -2.42. The van der Waals surface area contributed by atoms with E-state index in [2.05, 4.69) is 72.7 Å². The van der Waals surface area contributed by atoms with Crippen LogP contribution in [0.2, 0.25) is 0 Å². The van der Waals surface area contributed by atoms with Gasteiger partial charge in [-0.15, -0.1) is 0 Å². The molecule has 0 fully saturated rings. The molecule has 0 saturated heterocycles. The summed E-state index contributed by atoms with van der Waals surface area (Å²) in [6.45, 7) is 3.18. The zero-order chi connectivity index (χ0) is 13.2. The largest absolute Gasteiger partial charge is 0.383 e. The Bertz CT molecular complexity index is 577. The molecule has 3 rings (SSSR count). The van der Waals surface area contributed by atoms with Crippen molar-refractivity contribution in [3.63, 3.8) is 0 Å². The number of likely N-dealkylation sites (N-methyl/N-ethyl adjacent to an activating group) is 1. The zero-order valence-corrected chi connectivity index (χ0v) is 11.6. The van der Waals surface area contributed by atoms with Crippen LogP contribution in [-0.2, 0) is 6.42 Å². The van der Waals surface area contributed by atoms with Crippen molar-refractivity contribution in [1.29, 1.82) is 0 Å². The van der Waals surface area contributed by atoms with Crippen molar-refractivity contribution in [2.75, 3.05) is 23.8 Å². The first-order valence-electron chi connectivity index (χ1n) is 6.86. The van der Waals surface area contributed by atoms with Crippen LogP contribution in [0.4, 0.5) is 11.4 Å². The van der Waals surface area contributed by atoms with E-state index in [1.807, 2.05) is 0 Å². The number of nitrogens with zero attached hydrogens (tertiary/aromatic N) is 1. The first kappa shape index (κ1) is 12.1. The SMILES string of the molecule is Cc1ccccc1N(C)C1CNc2ccccc2C1. The third-order valence-corrected chi connectivity index (χ3v) is 4.04. The minimum Gasteiger partial charge on any atom is -0.383 e. The van der Waals surface area contributed by atoms with E-state index in [9.17, 15) is 0 Å². The van der Waals surface area contributed by atoms with Crippen molar-refractivity contribution < 1.29 is 0 Å². The standard InChI is InChI=1S/C17H20N2/c1-13-7-3-6-10-17(13)19(2)15-11-14-8-4-5-9-16(14)18-12-15/h3-10,15,18H,11-12H2,1-2H3. The van der Waals surface area contributed by atoms with Gasteiger partial charge in [-0.05, 0) is 36.6 Å². The van der Waals surface area contributed by atoms with E-state index in [-0.39, 0.29) is 0 Å². The molecule has 2 heteroatoms. The Hall–Kier alpha value is -1.96. The fraction of sp³-hybridized carbons (Fsp3) is 0.294. The highest BCUT2D eigenvalue weighted by Gasteiger charge is 2.22. The fourth-order valence-electron chi connectivity index (χ4n) is 2.85. The Labute approximate surface area is 115 Å². The first-order valence-corrected chi connectivity index (χ1v) is 6.86. The Morgan fingerprint density at radius 1 is 1.05 bits per heavy atom. The van der Waals surface area contributed by atoms with E-state index in [0.717, 1.165) is 13.0 Å². The molecule has 2 aromatic rings. The lowest BCUT2D eigenvalue weighted by molar-refractivity contribution is 0.634. The highest BCUT2D eigenvalue weighted by Crippen LogP contribution is 2.27. The van der Waals surface area contributed by atoms with E-state index in [1.54, 1.807) is 0 Å². The maximum Gasteiger partial charge on any atom is 0.0500 e. The van der Waals surface area contributed by atoms with Gasteiger partial charge in [0.15, 0.2) is 0 Å². The summed E-state index contributed by atoms with van der Waals surface area (Å²) in [7, 11) is 2.20. The molecule has 1 aliphatic heterocycles. The monoisotopic (exact) mass is 252 g/mol. The van der Waals surface area contributed by atoms with Crippen molar-refractivity contribution in [2.45, 2.75) is 19.4 Å². The minimum absolute atomic E-state index is 0.510. The van der Waals surface area contributed by atoms with Crippen LogP contribution in [0.1, 0.15) is 11.1 Å². The van der Waals surface area contributed by atoms with Crippen molar-refractivity contribution in [3.05, 3.63) is 59.7 Å². The maximum atomic E-state index is 3.54. The molecule has 0 aromatic heterocycles. The maximum absolute atomic E-state index is 3.54. The van der Waals surface area contributed by atoms with Crippen LogP contribution in [0, 0.1) is 6.92 Å². The summed E-state index contributed by atoms with van der Waals surface area (Å²) in [5.41, 5.74) is 5.37. The van der Waals surface area contributed by atoms with Gasteiger partial charge in [0.1, 0.15) is 0 Å². The molecule has 0 aliphatic carbocycles. The lowest BCUT2D eigenvalue weighted by Gasteiger charge is -2.35. The molecule has 0 amide bonds. The van der Waals surface area contributed by atoms with Crippen LogP contribution >= 0.6 is 0 Å². The van der Waals surface area contributed by atoms with Gasteiger partial charge in [-0.2, -0.15) is 0 Å². The first-order chi connectivity index (χ1) is 9.25. The lowest BCUT2D eigenvalue weighted by atomic mass is 9.98. The van der Waals surface area contributed by atoms with Crippen LogP contribution in [0.3, 0.4) is 0 Å². The number of para-hydroxylation sites is 2. The Balaban J connectivity index is 1.83. The topological polar surface area (TPSA) is 15.3 Å². The van der Waals surface area contributed by atoms with E-state index >= 15 is 0 Å². The molecule has 1 atom stereocenters. The van der Waals surface area contributed by atoms with Crippen molar-refractivity contribution >= 4 is 11.4 Å². The van der Waals surface area contributed by atoms with Crippen molar-refractivity contribution in [3.8, 4) is 0 Å². The molecule has 0 spiro atoms. The third kappa shape index (κ3) is 2.30. The van der Waals surface area contributed by atoms with Gasteiger partial charge in [0.2, 0.25) is 0 Å². The van der Waals surface area contributed by atoms with Gasteiger partial charge in [-0.3, -0.25) is 0 Å². The van der Waals surface area contributed by atoms with Gasteiger partial charge < -0.3 is 10.2 Å².